The molecule has 2 N–H and O–H groups in total. The Balaban J connectivity index is 1.93. The largest absolute Gasteiger partial charge is 0.476 e. The molecule has 0 unspecified atom stereocenters. The third-order valence-corrected chi connectivity index (χ3v) is 8.10. The summed E-state index contributed by atoms with van der Waals surface area (Å²) >= 11 is 0.780. The number of thiazole rings is 1. The Morgan fingerprint density at radius 2 is 2.21 bits per heavy atom. The molecule has 7 nitrogen and oxygen atoms in total. The van der Waals surface area contributed by atoms with Crippen LogP contribution in [0.15, 0.2) is 34.0 Å². The van der Waals surface area contributed by atoms with E-state index in [1.807, 2.05) is 19.1 Å². The summed E-state index contributed by atoms with van der Waals surface area (Å²) in [7, 11) is -3.74. The SMILES string of the molecule is C=C(C)CC[C@H](O)C/C=C/[C@@H]1CCC(=O)[C@@H]1CCS(=O)(=O)c1nc(C(=O)O)cs1. The average molecular weight is 442 g/mol. The number of allylic oxidation sites excluding steroid dienone is 2. The van der Waals surface area contributed by atoms with Crippen molar-refractivity contribution in [2.75, 3.05) is 5.75 Å². The number of aromatic nitrogens is 1. The van der Waals surface area contributed by atoms with Crippen LogP contribution in [-0.4, -0.2) is 47.2 Å². The molecule has 0 amide bonds. The van der Waals surface area contributed by atoms with E-state index in [9.17, 15) is 23.1 Å². The maximum absolute atomic E-state index is 12.5. The number of carboxylic acids is 1. The summed E-state index contributed by atoms with van der Waals surface area (Å²) in [4.78, 5) is 26.8. The van der Waals surface area contributed by atoms with E-state index in [-0.39, 0.29) is 39.8 Å². The van der Waals surface area contributed by atoms with Crippen molar-refractivity contribution in [3.63, 3.8) is 0 Å². The second-order valence-corrected chi connectivity index (χ2v) is 10.6. The highest BCUT2D eigenvalue weighted by Gasteiger charge is 2.34. The van der Waals surface area contributed by atoms with Gasteiger partial charge in [0.05, 0.1) is 11.9 Å². The molecule has 0 saturated heterocycles. The second-order valence-electron chi connectivity index (χ2n) is 7.50. The standard InChI is InChI=1S/C20H27NO6S2/c1-13(2)6-8-15(22)5-3-4-14-7-9-18(23)16(14)10-11-29(26,27)20-21-17(12-28-20)19(24)25/h3-4,12,14-16,22H,1,5-11H2,2H3,(H,24,25)/b4-3+/t14-,15-,16-/m1/s1. The number of aromatic carboxylic acids is 1. The number of hydrogen-bond acceptors (Lipinski definition) is 7. The normalized spacial score (nSPS) is 21.0. The summed E-state index contributed by atoms with van der Waals surface area (Å²) in [6.07, 6.45) is 6.46. The average Bonchev–Trinajstić information content (AvgIpc) is 3.26. The predicted octanol–water partition coefficient (Wildman–Crippen LogP) is 3.26. The van der Waals surface area contributed by atoms with Crippen molar-refractivity contribution in [2.24, 2.45) is 11.8 Å². The van der Waals surface area contributed by atoms with Crippen molar-refractivity contribution in [3.05, 3.63) is 35.4 Å². The van der Waals surface area contributed by atoms with E-state index in [1.165, 1.54) is 5.38 Å². The summed E-state index contributed by atoms with van der Waals surface area (Å²) in [5.41, 5.74) is 0.725. The van der Waals surface area contributed by atoms with Crippen molar-refractivity contribution in [2.45, 2.75) is 55.9 Å². The first-order valence-electron chi connectivity index (χ1n) is 9.53. The Labute approximate surface area is 175 Å². The second kappa shape index (κ2) is 10.3. The molecular formula is C20H27NO6S2. The molecule has 1 aromatic heterocycles. The Kier molecular flexibility index (Phi) is 8.30. The molecular weight excluding hydrogens is 414 g/mol. The van der Waals surface area contributed by atoms with Crippen molar-refractivity contribution in [3.8, 4) is 0 Å². The van der Waals surface area contributed by atoms with Gasteiger partial charge in [-0.2, -0.15) is 0 Å². The van der Waals surface area contributed by atoms with Crippen LogP contribution in [0.2, 0.25) is 0 Å². The van der Waals surface area contributed by atoms with Gasteiger partial charge in [0.2, 0.25) is 14.2 Å². The maximum Gasteiger partial charge on any atom is 0.355 e. The molecule has 0 aromatic carbocycles. The molecule has 9 heteroatoms. The van der Waals surface area contributed by atoms with E-state index in [4.69, 9.17) is 5.11 Å². The third-order valence-electron chi connectivity index (χ3n) is 5.02. The number of nitrogens with zero attached hydrogens (tertiary/aromatic N) is 1. The van der Waals surface area contributed by atoms with Gasteiger partial charge in [-0.15, -0.1) is 17.9 Å². The zero-order chi connectivity index (χ0) is 21.6. The number of carbonyl (C=O) groups is 2. The van der Waals surface area contributed by atoms with Gasteiger partial charge < -0.3 is 10.2 Å². The molecule has 160 valence electrons. The topological polar surface area (TPSA) is 122 Å². The maximum atomic E-state index is 12.5. The van der Waals surface area contributed by atoms with Crippen molar-refractivity contribution in [1.82, 2.24) is 4.98 Å². The van der Waals surface area contributed by atoms with Crippen LogP contribution in [0.4, 0.5) is 0 Å². The third kappa shape index (κ3) is 6.87. The van der Waals surface area contributed by atoms with Crippen LogP contribution in [0.25, 0.3) is 0 Å². The highest BCUT2D eigenvalue weighted by molar-refractivity contribution is 7.93. The van der Waals surface area contributed by atoms with E-state index < -0.39 is 21.9 Å². The molecule has 1 aliphatic rings. The van der Waals surface area contributed by atoms with Gasteiger partial charge >= 0.3 is 5.97 Å². The fourth-order valence-corrected chi connectivity index (χ4v) is 5.82. The van der Waals surface area contributed by atoms with E-state index in [0.29, 0.717) is 25.7 Å². The zero-order valence-corrected chi connectivity index (χ0v) is 18.0. The van der Waals surface area contributed by atoms with Crippen molar-refractivity contribution in [1.29, 1.82) is 0 Å². The van der Waals surface area contributed by atoms with Crippen LogP contribution in [0.5, 0.6) is 0 Å². The summed E-state index contributed by atoms with van der Waals surface area (Å²) in [6.45, 7) is 5.73. The molecule has 2 rings (SSSR count). The number of carbonyl (C=O) groups excluding carboxylic acids is 1. The molecule has 1 fully saturated rings. The molecule has 1 aromatic rings. The van der Waals surface area contributed by atoms with Gasteiger partial charge in [0.25, 0.3) is 0 Å². The van der Waals surface area contributed by atoms with Gasteiger partial charge in [0.1, 0.15) is 5.78 Å². The van der Waals surface area contributed by atoms with Gasteiger partial charge in [0, 0.05) is 17.7 Å². The lowest BCUT2D eigenvalue weighted by molar-refractivity contribution is -0.121. The number of hydrogen-bond donors (Lipinski definition) is 2. The molecule has 29 heavy (non-hydrogen) atoms. The number of sulfone groups is 1. The highest BCUT2D eigenvalue weighted by atomic mass is 32.2. The van der Waals surface area contributed by atoms with E-state index in [2.05, 4.69) is 11.6 Å². The van der Waals surface area contributed by atoms with Gasteiger partial charge in [0.15, 0.2) is 5.69 Å². The van der Waals surface area contributed by atoms with E-state index >= 15 is 0 Å². The summed E-state index contributed by atoms with van der Waals surface area (Å²) in [5, 5.41) is 20.1. The Morgan fingerprint density at radius 1 is 1.48 bits per heavy atom. The number of Topliss-reactive ketones (excluding diaryl/α,β-unsaturated/α-hetero) is 1. The fourth-order valence-electron chi connectivity index (χ4n) is 3.35. The quantitative estimate of drug-likeness (QED) is 0.505. The van der Waals surface area contributed by atoms with E-state index in [0.717, 1.165) is 23.3 Å². The summed E-state index contributed by atoms with van der Waals surface area (Å²) < 4.78 is 24.7. The number of carboxylic acid groups (broad SMARTS) is 1. The molecule has 0 bridgehead atoms. The van der Waals surface area contributed by atoms with Crippen LogP contribution >= 0.6 is 11.3 Å². The zero-order valence-electron chi connectivity index (χ0n) is 16.4. The molecule has 1 heterocycles. The fraction of sp³-hybridized carbons (Fsp3) is 0.550. The highest BCUT2D eigenvalue weighted by Crippen LogP contribution is 2.33. The number of rotatable bonds is 11. The monoisotopic (exact) mass is 441 g/mol. The molecule has 1 saturated carbocycles. The number of ketones is 1. The first-order chi connectivity index (χ1) is 13.6. The smallest absolute Gasteiger partial charge is 0.355 e. The minimum atomic E-state index is -3.74. The molecule has 3 atom stereocenters. The van der Waals surface area contributed by atoms with Crippen LogP contribution in [0, 0.1) is 11.8 Å². The summed E-state index contributed by atoms with van der Waals surface area (Å²) in [5.74, 6) is -1.90. The van der Waals surface area contributed by atoms with Crippen LogP contribution < -0.4 is 0 Å². The lowest BCUT2D eigenvalue weighted by Gasteiger charge is -2.15. The van der Waals surface area contributed by atoms with Gasteiger partial charge in [-0.05, 0) is 44.9 Å². The molecule has 0 spiro atoms. The Hall–Kier alpha value is -1.84. The first kappa shape index (κ1) is 23.4. The van der Waals surface area contributed by atoms with Crippen molar-refractivity contribution < 1.29 is 28.2 Å². The molecule has 0 radical (unpaired) electrons. The molecule has 0 aliphatic heterocycles. The summed E-state index contributed by atoms with van der Waals surface area (Å²) in [6, 6.07) is 0. The van der Waals surface area contributed by atoms with Gasteiger partial charge in [-0.1, -0.05) is 17.7 Å². The van der Waals surface area contributed by atoms with E-state index in [1.54, 1.807) is 0 Å². The number of aliphatic hydroxyl groups excluding tert-OH is 1. The molecule has 1 aliphatic carbocycles. The lowest BCUT2D eigenvalue weighted by Crippen LogP contribution is -2.19. The van der Waals surface area contributed by atoms with Crippen molar-refractivity contribution >= 4 is 32.9 Å². The lowest BCUT2D eigenvalue weighted by atomic mass is 9.92. The van der Waals surface area contributed by atoms with Gasteiger partial charge in [-0.3, -0.25) is 4.79 Å². The Bertz CT molecular complexity index is 887. The predicted molar refractivity (Wildman–Crippen MR) is 111 cm³/mol. The van der Waals surface area contributed by atoms with Gasteiger partial charge in [-0.25, -0.2) is 18.2 Å². The minimum Gasteiger partial charge on any atom is -0.476 e. The Morgan fingerprint density at radius 3 is 2.83 bits per heavy atom. The van der Waals surface area contributed by atoms with Crippen LogP contribution in [0.1, 0.15) is 55.9 Å². The first-order valence-corrected chi connectivity index (χ1v) is 12.1. The van der Waals surface area contributed by atoms with Crippen LogP contribution in [-0.2, 0) is 14.6 Å². The van der Waals surface area contributed by atoms with Crippen LogP contribution in [0.3, 0.4) is 0 Å². The minimum absolute atomic E-state index is 0.0445. The number of aliphatic hydroxyl groups is 1.